The van der Waals surface area contributed by atoms with Crippen molar-refractivity contribution in [2.75, 3.05) is 6.54 Å². The summed E-state index contributed by atoms with van der Waals surface area (Å²) in [4.78, 5) is 4.45. The molecular weight excluding hydrogens is 232 g/mol. The lowest BCUT2D eigenvalue weighted by atomic mass is 9.96. The molecule has 0 aliphatic carbocycles. The highest BCUT2D eigenvalue weighted by Gasteiger charge is 2.12. The van der Waals surface area contributed by atoms with Crippen molar-refractivity contribution < 1.29 is 0 Å². The van der Waals surface area contributed by atoms with Crippen LogP contribution in [0.25, 0.3) is 10.9 Å². The maximum atomic E-state index is 4.45. The largest absolute Gasteiger partial charge is 0.310 e. The Labute approximate surface area is 116 Å². The van der Waals surface area contributed by atoms with E-state index in [1.165, 1.54) is 36.6 Å². The highest BCUT2D eigenvalue weighted by molar-refractivity contribution is 5.82. The van der Waals surface area contributed by atoms with Gasteiger partial charge in [0.15, 0.2) is 0 Å². The molecule has 102 valence electrons. The van der Waals surface area contributed by atoms with Gasteiger partial charge in [0.1, 0.15) is 0 Å². The summed E-state index contributed by atoms with van der Waals surface area (Å²) < 4.78 is 0. The summed E-state index contributed by atoms with van der Waals surface area (Å²) in [5.41, 5.74) is 2.49. The van der Waals surface area contributed by atoms with Crippen molar-refractivity contribution in [2.45, 2.75) is 45.6 Å². The molecule has 19 heavy (non-hydrogen) atoms. The first-order chi connectivity index (χ1) is 9.36. The summed E-state index contributed by atoms with van der Waals surface area (Å²) in [5, 5.41) is 4.91. The van der Waals surface area contributed by atoms with Gasteiger partial charge in [-0.3, -0.25) is 4.98 Å². The number of aromatic nitrogens is 1. The molecule has 0 saturated heterocycles. The molecule has 0 spiro atoms. The standard InChI is InChI=1S/C17H24N2/c1-3-5-6-11-16(18-4-2)14-9-7-12-17-15(14)10-8-13-19-17/h7-10,12-13,16,18H,3-6,11H2,1-2H3. The molecule has 1 atom stereocenters. The lowest BCUT2D eigenvalue weighted by Gasteiger charge is -2.20. The molecule has 2 heteroatoms. The molecule has 0 fully saturated rings. The van der Waals surface area contributed by atoms with Crippen LogP contribution >= 0.6 is 0 Å². The molecule has 1 N–H and O–H groups in total. The number of fused-ring (bicyclic) bond motifs is 1. The van der Waals surface area contributed by atoms with Gasteiger partial charge in [0.2, 0.25) is 0 Å². The highest BCUT2D eigenvalue weighted by Crippen LogP contribution is 2.26. The number of unbranched alkanes of at least 4 members (excludes halogenated alkanes) is 2. The van der Waals surface area contributed by atoms with Gasteiger partial charge in [0, 0.05) is 17.6 Å². The first-order valence-corrected chi connectivity index (χ1v) is 7.43. The van der Waals surface area contributed by atoms with Gasteiger partial charge in [-0.05, 0) is 30.7 Å². The minimum absolute atomic E-state index is 0.449. The fraction of sp³-hybridized carbons (Fsp3) is 0.471. The molecule has 0 aliphatic heterocycles. The monoisotopic (exact) mass is 256 g/mol. The molecule has 0 saturated carbocycles. The number of hydrogen-bond acceptors (Lipinski definition) is 2. The van der Waals surface area contributed by atoms with Crippen LogP contribution < -0.4 is 5.32 Å². The number of nitrogens with zero attached hydrogens (tertiary/aromatic N) is 1. The van der Waals surface area contributed by atoms with Gasteiger partial charge < -0.3 is 5.32 Å². The maximum absolute atomic E-state index is 4.45. The molecule has 0 amide bonds. The quantitative estimate of drug-likeness (QED) is 0.739. The van der Waals surface area contributed by atoms with E-state index in [2.05, 4.69) is 48.4 Å². The molecule has 2 rings (SSSR count). The van der Waals surface area contributed by atoms with Crippen molar-refractivity contribution in [3.63, 3.8) is 0 Å². The summed E-state index contributed by atoms with van der Waals surface area (Å²) in [6, 6.07) is 11.1. The molecule has 2 aromatic rings. The Hall–Kier alpha value is -1.41. The van der Waals surface area contributed by atoms with Crippen LogP contribution in [-0.4, -0.2) is 11.5 Å². The predicted molar refractivity (Wildman–Crippen MR) is 82.3 cm³/mol. The molecule has 0 radical (unpaired) electrons. The normalized spacial score (nSPS) is 12.7. The van der Waals surface area contributed by atoms with Crippen LogP contribution in [0.1, 0.15) is 51.1 Å². The van der Waals surface area contributed by atoms with E-state index in [-0.39, 0.29) is 0 Å². The van der Waals surface area contributed by atoms with Crippen LogP contribution in [0.5, 0.6) is 0 Å². The minimum atomic E-state index is 0.449. The molecule has 1 aromatic heterocycles. The van der Waals surface area contributed by atoms with E-state index in [0.29, 0.717) is 6.04 Å². The SMILES string of the molecule is CCCCCC(NCC)c1cccc2ncccc12. The van der Waals surface area contributed by atoms with Crippen LogP contribution in [0, 0.1) is 0 Å². The second kappa shape index (κ2) is 7.25. The van der Waals surface area contributed by atoms with Gasteiger partial charge >= 0.3 is 0 Å². The van der Waals surface area contributed by atoms with E-state index in [1.807, 2.05) is 12.3 Å². The zero-order valence-corrected chi connectivity index (χ0v) is 12.0. The van der Waals surface area contributed by atoms with E-state index in [4.69, 9.17) is 0 Å². The van der Waals surface area contributed by atoms with Crippen molar-refractivity contribution in [3.05, 3.63) is 42.1 Å². The van der Waals surface area contributed by atoms with Gasteiger partial charge in [-0.15, -0.1) is 0 Å². The number of benzene rings is 1. The topological polar surface area (TPSA) is 24.9 Å². The van der Waals surface area contributed by atoms with Crippen LogP contribution in [0.15, 0.2) is 36.5 Å². The third-order valence-corrected chi connectivity index (χ3v) is 3.60. The van der Waals surface area contributed by atoms with Gasteiger partial charge in [0.25, 0.3) is 0 Å². The van der Waals surface area contributed by atoms with E-state index >= 15 is 0 Å². The van der Waals surface area contributed by atoms with Crippen molar-refractivity contribution in [1.82, 2.24) is 10.3 Å². The number of nitrogens with one attached hydrogen (secondary N) is 1. The van der Waals surface area contributed by atoms with Crippen LogP contribution in [0.4, 0.5) is 0 Å². The second-order valence-electron chi connectivity index (χ2n) is 5.02. The maximum Gasteiger partial charge on any atom is 0.0705 e. The molecule has 1 aromatic carbocycles. The van der Waals surface area contributed by atoms with Gasteiger partial charge in [-0.2, -0.15) is 0 Å². The van der Waals surface area contributed by atoms with Crippen molar-refractivity contribution in [2.24, 2.45) is 0 Å². The Morgan fingerprint density at radius 2 is 2.00 bits per heavy atom. The molecule has 2 nitrogen and oxygen atoms in total. The number of hydrogen-bond donors (Lipinski definition) is 1. The zero-order chi connectivity index (χ0) is 13.5. The fourth-order valence-electron chi connectivity index (χ4n) is 2.64. The third kappa shape index (κ3) is 3.54. The van der Waals surface area contributed by atoms with Crippen molar-refractivity contribution >= 4 is 10.9 Å². The summed E-state index contributed by atoms with van der Waals surface area (Å²) in [6.45, 7) is 5.44. The van der Waals surface area contributed by atoms with Gasteiger partial charge in [-0.1, -0.05) is 51.3 Å². The zero-order valence-electron chi connectivity index (χ0n) is 12.0. The minimum Gasteiger partial charge on any atom is -0.310 e. The Kier molecular flexibility index (Phi) is 5.34. The lowest BCUT2D eigenvalue weighted by Crippen LogP contribution is -2.21. The lowest BCUT2D eigenvalue weighted by molar-refractivity contribution is 0.489. The van der Waals surface area contributed by atoms with E-state index in [1.54, 1.807) is 0 Å². The average Bonchev–Trinajstić information content (AvgIpc) is 2.46. The van der Waals surface area contributed by atoms with Gasteiger partial charge in [-0.25, -0.2) is 0 Å². The number of rotatable bonds is 7. The first kappa shape index (κ1) is 14.0. The summed E-state index contributed by atoms with van der Waals surface area (Å²) in [7, 11) is 0. The molecular formula is C17H24N2. The smallest absolute Gasteiger partial charge is 0.0705 e. The Morgan fingerprint density at radius 3 is 2.79 bits per heavy atom. The van der Waals surface area contributed by atoms with Crippen LogP contribution in [-0.2, 0) is 0 Å². The first-order valence-electron chi connectivity index (χ1n) is 7.43. The van der Waals surface area contributed by atoms with Crippen LogP contribution in [0.3, 0.4) is 0 Å². The fourth-order valence-corrected chi connectivity index (χ4v) is 2.64. The molecule has 1 unspecified atom stereocenters. The van der Waals surface area contributed by atoms with E-state index in [9.17, 15) is 0 Å². The molecule has 1 heterocycles. The average molecular weight is 256 g/mol. The highest BCUT2D eigenvalue weighted by atomic mass is 14.9. The number of pyridine rings is 1. The predicted octanol–water partition coefficient (Wildman–Crippen LogP) is 4.47. The Morgan fingerprint density at radius 1 is 1.11 bits per heavy atom. The van der Waals surface area contributed by atoms with Crippen molar-refractivity contribution in [1.29, 1.82) is 0 Å². The molecule has 0 bridgehead atoms. The Balaban J connectivity index is 2.27. The summed E-state index contributed by atoms with van der Waals surface area (Å²) in [6.07, 6.45) is 6.94. The van der Waals surface area contributed by atoms with E-state index in [0.717, 1.165) is 12.1 Å². The third-order valence-electron chi connectivity index (χ3n) is 3.60. The molecule has 0 aliphatic rings. The second-order valence-corrected chi connectivity index (χ2v) is 5.02. The van der Waals surface area contributed by atoms with Crippen molar-refractivity contribution in [3.8, 4) is 0 Å². The Bertz CT molecular complexity index is 502. The van der Waals surface area contributed by atoms with E-state index < -0.39 is 0 Å². The van der Waals surface area contributed by atoms with Gasteiger partial charge in [0.05, 0.1) is 5.52 Å². The summed E-state index contributed by atoms with van der Waals surface area (Å²) >= 11 is 0. The summed E-state index contributed by atoms with van der Waals surface area (Å²) in [5.74, 6) is 0. The van der Waals surface area contributed by atoms with Crippen LogP contribution in [0.2, 0.25) is 0 Å².